The fourth-order valence-electron chi connectivity index (χ4n) is 3.15. The van der Waals surface area contributed by atoms with Gasteiger partial charge in [0.05, 0.1) is 26.4 Å². The second-order valence-corrected chi connectivity index (χ2v) is 6.71. The maximum absolute atomic E-state index is 6.04. The Morgan fingerprint density at radius 1 is 1.26 bits per heavy atom. The molecule has 1 aromatic carbocycles. The van der Waals surface area contributed by atoms with Gasteiger partial charge in [0.15, 0.2) is 5.96 Å². The van der Waals surface area contributed by atoms with Gasteiger partial charge in [-0.2, -0.15) is 0 Å². The molecule has 6 heteroatoms. The molecule has 6 nitrogen and oxygen atoms in total. The van der Waals surface area contributed by atoms with Crippen LogP contribution in [0, 0.1) is 6.92 Å². The first-order chi connectivity index (χ1) is 13.3. The van der Waals surface area contributed by atoms with Crippen LogP contribution in [0.5, 0.6) is 0 Å². The van der Waals surface area contributed by atoms with Gasteiger partial charge >= 0.3 is 0 Å². The highest BCUT2D eigenvalue weighted by Gasteiger charge is 2.24. The van der Waals surface area contributed by atoms with Crippen LogP contribution in [0.15, 0.2) is 29.3 Å². The zero-order valence-corrected chi connectivity index (χ0v) is 17.1. The summed E-state index contributed by atoms with van der Waals surface area (Å²) in [6.45, 7) is 10.4. The summed E-state index contributed by atoms with van der Waals surface area (Å²) in [6, 6.07) is 8.46. The molecule has 1 N–H and O–H groups in total. The molecule has 1 atom stereocenters. The van der Waals surface area contributed by atoms with Crippen molar-refractivity contribution in [2.75, 3.05) is 59.7 Å². The van der Waals surface area contributed by atoms with Gasteiger partial charge in [-0.1, -0.05) is 24.3 Å². The number of morpholine rings is 1. The number of benzene rings is 1. The predicted molar refractivity (Wildman–Crippen MR) is 109 cm³/mol. The predicted octanol–water partition coefficient (Wildman–Crippen LogP) is 2.78. The van der Waals surface area contributed by atoms with E-state index in [2.05, 4.69) is 48.3 Å². The number of hydrogen-bond donors (Lipinski definition) is 1. The Labute approximate surface area is 163 Å². The summed E-state index contributed by atoms with van der Waals surface area (Å²) in [5, 5.41) is 3.43. The van der Waals surface area contributed by atoms with E-state index in [4.69, 9.17) is 19.2 Å². The molecule has 1 aromatic rings. The van der Waals surface area contributed by atoms with Crippen LogP contribution < -0.4 is 5.32 Å². The molecule has 0 aliphatic carbocycles. The lowest BCUT2D eigenvalue weighted by Crippen LogP contribution is -2.48. The van der Waals surface area contributed by atoms with Gasteiger partial charge in [-0.15, -0.1) is 0 Å². The van der Waals surface area contributed by atoms with Gasteiger partial charge in [0.25, 0.3) is 0 Å². The van der Waals surface area contributed by atoms with E-state index >= 15 is 0 Å². The van der Waals surface area contributed by atoms with Crippen molar-refractivity contribution in [3.63, 3.8) is 0 Å². The molecule has 0 aromatic heterocycles. The third kappa shape index (κ3) is 7.48. The quantitative estimate of drug-likeness (QED) is 0.386. The van der Waals surface area contributed by atoms with E-state index in [1.54, 1.807) is 7.11 Å². The van der Waals surface area contributed by atoms with Crippen LogP contribution in [-0.4, -0.2) is 70.6 Å². The third-order valence-electron chi connectivity index (χ3n) is 4.63. The van der Waals surface area contributed by atoms with E-state index in [1.165, 1.54) is 11.1 Å². The molecule has 2 rings (SSSR count). The van der Waals surface area contributed by atoms with Crippen molar-refractivity contribution in [3.05, 3.63) is 35.4 Å². The lowest BCUT2D eigenvalue weighted by atomic mass is 10.0. The Kier molecular flexibility index (Phi) is 10.2. The molecule has 0 bridgehead atoms. The lowest BCUT2D eigenvalue weighted by molar-refractivity contribution is -0.00833. The van der Waals surface area contributed by atoms with Gasteiger partial charge < -0.3 is 24.4 Å². The van der Waals surface area contributed by atoms with Crippen LogP contribution in [0.3, 0.4) is 0 Å². The number of aryl methyl sites for hydroxylation is 1. The van der Waals surface area contributed by atoms with Gasteiger partial charge in [-0.25, -0.2) is 0 Å². The SMILES string of the molecule is CCNC(=NCCCCOCCOC)N1CCOC(c2ccccc2C)C1. The molecule has 152 valence electrons. The number of ether oxygens (including phenoxy) is 3. The molecular weight excluding hydrogens is 342 g/mol. The molecule has 0 saturated carbocycles. The first-order valence-corrected chi connectivity index (χ1v) is 10.0. The zero-order valence-electron chi connectivity index (χ0n) is 17.1. The van der Waals surface area contributed by atoms with E-state index < -0.39 is 0 Å². The Morgan fingerprint density at radius 3 is 2.89 bits per heavy atom. The van der Waals surface area contributed by atoms with Crippen molar-refractivity contribution in [1.82, 2.24) is 10.2 Å². The fourth-order valence-corrected chi connectivity index (χ4v) is 3.15. The minimum absolute atomic E-state index is 0.0954. The summed E-state index contributed by atoms with van der Waals surface area (Å²) in [5.41, 5.74) is 2.55. The minimum atomic E-state index is 0.0954. The summed E-state index contributed by atoms with van der Waals surface area (Å²) < 4.78 is 16.5. The number of hydrogen-bond acceptors (Lipinski definition) is 4. The number of nitrogens with one attached hydrogen (secondary N) is 1. The molecule has 0 spiro atoms. The standard InChI is InChI=1S/C21H35N3O3/c1-4-22-21(23-11-7-8-13-26-16-15-25-3)24-12-14-27-20(17-24)19-10-6-5-9-18(19)2/h5-6,9-10,20H,4,7-8,11-17H2,1-3H3,(H,22,23). The summed E-state index contributed by atoms with van der Waals surface area (Å²) >= 11 is 0. The highest BCUT2D eigenvalue weighted by Crippen LogP contribution is 2.24. The maximum atomic E-state index is 6.04. The third-order valence-corrected chi connectivity index (χ3v) is 4.63. The number of unbranched alkanes of at least 4 members (excludes halogenated alkanes) is 1. The average molecular weight is 378 g/mol. The molecule has 1 unspecified atom stereocenters. The van der Waals surface area contributed by atoms with Crippen molar-refractivity contribution < 1.29 is 14.2 Å². The highest BCUT2D eigenvalue weighted by molar-refractivity contribution is 5.80. The normalized spacial score (nSPS) is 18.0. The number of rotatable bonds is 10. The van der Waals surface area contributed by atoms with Crippen LogP contribution in [-0.2, 0) is 14.2 Å². The van der Waals surface area contributed by atoms with Crippen LogP contribution in [0.4, 0.5) is 0 Å². The van der Waals surface area contributed by atoms with Crippen molar-refractivity contribution >= 4 is 5.96 Å². The number of aliphatic imine (C=N–C) groups is 1. The van der Waals surface area contributed by atoms with Crippen molar-refractivity contribution in [1.29, 1.82) is 0 Å². The topological polar surface area (TPSA) is 55.3 Å². The summed E-state index contributed by atoms with van der Waals surface area (Å²) in [7, 11) is 1.69. The van der Waals surface area contributed by atoms with Gasteiger partial charge in [0, 0.05) is 33.4 Å². The van der Waals surface area contributed by atoms with Crippen molar-refractivity contribution in [2.24, 2.45) is 4.99 Å². The lowest BCUT2D eigenvalue weighted by Gasteiger charge is -2.35. The fraction of sp³-hybridized carbons (Fsp3) is 0.667. The van der Waals surface area contributed by atoms with E-state index in [1.807, 2.05) is 0 Å². The Hall–Kier alpha value is -1.63. The highest BCUT2D eigenvalue weighted by atomic mass is 16.5. The van der Waals surface area contributed by atoms with E-state index in [-0.39, 0.29) is 6.10 Å². The van der Waals surface area contributed by atoms with Crippen LogP contribution in [0.1, 0.15) is 37.0 Å². The number of guanidine groups is 1. The molecule has 0 radical (unpaired) electrons. The van der Waals surface area contributed by atoms with Gasteiger partial charge in [-0.3, -0.25) is 4.99 Å². The second-order valence-electron chi connectivity index (χ2n) is 6.71. The molecule has 1 aliphatic heterocycles. The maximum Gasteiger partial charge on any atom is 0.194 e. The molecule has 1 saturated heterocycles. The monoisotopic (exact) mass is 377 g/mol. The van der Waals surface area contributed by atoms with Crippen molar-refractivity contribution in [3.8, 4) is 0 Å². The first kappa shape index (κ1) is 21.7. The summed E-state index contributed by atoms with van der Waals surface area (Å²) in [6.07, 6.45) is 2.13. The zero-order chi connectivity index (χ0) is 19.3. The van der Waals surface area contributed by atoms with Gasteiger partial charge in [0.2, 0.25) is 0 Å². The number of nitrogens with zero attached hydrogens (tertiary/aromatic N) is 2. The van der Waals surface area contributed by atoms with Crippen molar-refractivity contribution in [2.45, 2.75) is 32.8 Å². The molecule has 1 heterocycles. The molecule has 1 aliphatic rings. The van der Waals surface area contributed by atoms with Gasteiger partial charge in [0.1, 0.15) is 6.10 Å². The molecule has 1 fully saturated rings. The van der Waals surface area contributed by atoms with E-state index in [0.717, 1.165) is 58.2 Å². The molecular formula is C21H35N3O3. The van der Waals surface area contributed by atoms with Gasteiger partial charge in [-0.05, 0) is 37.8 Å². The minimum Gasteiger partial charge on any atom is -0.382 e. The first-order valence-electron chi connectivity index (χ1n) is 10.0. The average Bonchev–Trinajstić information content (AvgIpc) is 2.69. The largest absolute Gasteiger partial charge is 0.382 e. The van der Waals surface area contributed by atoms with Crippen LogP contribution >= 0.6 is 0 Å². The second kappa shape index (κ2) is 12.7. The Balaban J connectivity index is 1.84. The summed E-state index contributed by atoms with van der Waals surface area (Å²) in [4.78, 5) is 7.14. The Morgan fingerprint density at radius 2 is 2.11 bits per heavy atom. The number of methoxy groups -OCH3 is 1. The van der Waals surface area contributed by atoms with E-state index in [9.17, 15) is 0 Å². The van der Waals surface area contributed by atoms with Crippen LogP contribution in [0.25, 0.3) is 0 Å². The smallest absolute Gasteiger partial charge is 0.194 e. The van der Waals surface area contributed by atoms with E-state index in [0.29, 0.717) is 13.2 Å². The summed E-state index contributed by atoms with van der Waals surface area (Å²) in [5.74, 6) is 0.986. The van der Waals surface area contributed by atoms with Crippen LogP contribution in [0.2, 0.25) is 0 Å². The molecule has 0 amide bonds. The Bertz CT molecular complexity index is 565. The molecule has 27 heavy (non-hydrogen) atoms.